The average molecular weight is 567 g/mol. The zero-order valence-corrected chi connectivity index (χ0v) is 22.9. The van der Waals surface area contributed by atoms with Gasteiger partial charge in [-0.2, -0.15) is 0 Å². The molecule has 0 radical (unpaired) electrons. The van der Waals surface area contributed by atoms with Crippen molar-refractivity contribution in [2.24, 2.45) is 10.8 Å². The van der Waals surface area contributed by atoms with Gasteiger partial charge in [-0.25, -0.2) is 23.2 Å². The molecular weight excluding hydrogens is 530 g/mol. The number of ether oxygens (including phenoxy) is 3. The summed E-state index contributed by atoms with van der Waals surface area (Å²) < 4.78 is 36.7. The molecule has 216 valence electrons. The average Bonchev–Trinajstić information content (AvgIpc) is 3.41. The molecule has 0 atom stereocenters. The molecular formula is C25H37ClF2N2O8. The van der Waals surface area contributed by atoms with Crippen LogP contribution in [0.25, 0.3) is 0 Å². The van der Waals surface area contributed by atoms with E-state index in [1.54, 1.807) is 9.80 Å². The second-order valence-corrected chi connectivity index (χ2v) is 11.5. The molecule has 2 spiro atoms. The smallest absolute Gasteiger partial charge is 0.410 e. The van der Waals surface area contributed by atoms with Crippen molar-refractivity contribution in [1.82, 2.24) is 9.80 Å². The van der Waals surface area contributed by atoms with Gasteiger partial charge in [0.1, 0.15) is 43.7 Å². The Bertz CT molecular complexity index is 879. The highest BCUT2D eigenvalue weighted by Gasteiger charge is 2.50. The molecule has 2 saturated heterocycles. The van der Waals surface area contributed by atoms with Crippen LogP contribution in [-0.4, -0.2) is 97.3 Å². The highest BCUT2D eigenvalue weighted by Crippen LogP contribution is 2.46. The van der Waals surface area contributed by atoms with Crippen LogP contribution in [0.15, 0.2) is 0 Å². The van der Waals surface area contributed by atoms with Crippen LogP contribution < -0.4 is 0 Å². The van der Waals surface area contributed by atoms with E-state index in [1.165, 1.54) is 0 Å². The Morgan fingerprint density at radius 3 is 1.58 bits per heavy atom. The third-order valence-corrected chi connectivity index (χ3v) is 6.78. The molecule has 0 aromatic heterocycles. The minimum absolute atomic E-state index is 0.0197. The van der Waals surface area contributed by atoms with Gasteiger partial charge in [0.2, 0.25) is 0 Å². The number of halogens is 3. The van der Waals surface area contributed by atoms with Crippen LogP contribution in [0.3, 0.4) is 0 Å². The summed E-state index contributed by atoms with van der Waals surface area (Å²) in [4.78, 5) is 58.0. The lowest BCUT2D eigenvalue weighted by Gasteiger charge is -2.36. The number of hydrogen-bond donors (Lipinski definition) is 0. The lowest BCUT2D eigenvalue weighted by molar-refractivity contribution is -0.132. The second kappa shape index (κ2) is 13.5. The summed E-state index contributed by atoms with van der Waals surface area (Å²) in [6.45, 7) is 6.46. The Kier molecular flexibility index (Phi) is 11.3. The molecule has 4 rings (SSSR count). The van der Waals surface area contributed by atoms with Crippen LogP contribution in [0.2, 0.25) is 0 Å². The van der Waals surface area contributed by atoms with Gasteiger partial charge in [0.05, 0.1) is 0 Å². The topological polar surface area (TPSA) is 120 Å². The lowest BCUT2D eigenvalue weighted by Crippen LogP contribution is -2.42. The van der Waals surface area contributed by atoms with E-state index < -0.39 is 30.5 Å². The fourth-order valence-electron chi connectivity index (χ4n) is 4.99. The summed E-state index contributed by atoms with van der Waals surface area (Å²) in [5.74, 6) is 0.597. The van der Waals surface area contributed by atoms with Crippen molar-refractivity contribution in [3.05, 3.63) is 0 Å². The molecule has 10 nitrogen and oxygen atoms in total. The normalized spacial score (nSPS) is 20.5. The van der Waals surface area contributed by atoms with Gasteiger partial charge in [-0.3, -0.25) is 9.59 Å². The van der Waals surface area contributed by atoms with E-state index in [4.69, 9.17) is 9.47 Å². The molecule has 4 aliphatic rings. The number of nitrogens with zero attached hydrogens (tertiary/aromatic N) is 2. The van der Waals surface area contributed by atoms with E-state index >= 15 is 0 Å². The number of carbonyl (C=O) groups is 5. The van der Waals surface area contributed by atoms with E-state index in [0.29, 0.717) is 51.1 Å². The highest BCUT2D eigenvalue weighted by atomic mass is 35.5. The summed E-state index contributed by atoms with van der Waals surface area (Å²) in [5, 5.41) is 0. The fraction of sp³-hybridized carbons (Fsp3) is 0.800. The van der Waals surface area contributed by atoms with Crippen molar-refractivity contribution in [2.45, 2.75) is 64.9 Å². The predicted octanol–water partition coefficient (Wildman–Crippen LogP) is 4.46. The van der Waals surface area contributed by atoms with Crippen molar-refractivity contribution in [1.29, 1.82) is 0 Å². The van der Waals surface area contributed by atoms with Gasteiger partial charge in [-0.15, -0.1) is 0 Å². The van der Waals surface area contributed by atoms with Crippen LogP contribution in [0.4, 0.5) is 23.2 Å². The Balaban J connectivity index is 0.000000216. The van der Waals surface area contributed by atoms with Gasteiger partial charge in [-0.05, 0) is 33.6 Å². The number of Topliss-reactive ketones (excluding diaryl/α,β-unsaturated/α-hetero) is 2. The quantitative estimate of drug-likeness (QED) is 0.361. The van der Waals surface area contributed by atoms with E-state index in [1.807, 2.05) is 20.8 Å². The molecule has 0 unspecified atom stereocenters. The van der Waals surface area contributed by atoms with Gasteiger partial charge in [0.25, 0.3) is 0 Å². The van der Waals surface area contributed by atoms with Gasteiger partial charge >= 0.3 is 17.6 Å². The number of alkyl halides is 2. The summed E-state index contributed by atoms with van der Waals surface area (Å²) >= 11 is 4.63. The molecule has 0 bridgehead atoms. The third-order valence-electron chi connectivity index (χ3n) is 6.67. The Morgan fingerprint density at radius 1 is 0.816 bits per heavy atom. The Labute approximate surface area is 226 Å². The standard InChI is InChI=1S/C12H19NO3.C10H14FNO3.C3H4ClFO2/c1-11(2,3)16-10(15)13-5-4-12(8-13)6-9(14)7-12;11-2-4-15-9(14)12-3-1-10(7-12)5-8(13)6-10;4-3(6)7-2-1-5/h4-8H2,1-3H3;1-7H2;1-2H2. The van der Waals surface area contributed by atoms with E-state index in [9.17, 15) is 32.8 Å². The lowest BCUT2D eigenvalue weighted by atomic mass is 9.67. The molecule has 38 heavy (non-hydrogen) atoms. The molecule has 2 heterocycles. The molecule has 0 N–H and O–H groups in total. The first-order valence-corrected chi connectivity index (χ1v) is 13.0. The predicted molar refractivity (Wildman–Crippen MR) is 132 cm³/mol. The monoisotopic (exact) mass is 566 g/mol. The number of amides is 2. The van der Waals surface area contributed by atoms with Gasteiger partial charge in [0, 0.05) is 74.3 Å². The molecule has 4 fully saturated rings. The number of hydrogen-bond acceptors (Lipinski definition) is 8. The van der Waals surface area contributed by atoms with Gasteiger partial charge in [-0.1, -0.05) is 0 Å². The van der Waals surface area contributed by atoms with Crippen LogP contribution in [0, 0.1) is 10.8 Å². The fourth-order valence-corrected chi connectivity index (χ4v) is 5.07. The van der Waals surface area contributed by atoms with E-state index in [0.717, 1.165) is 19.4 Å². The van der Waals surface area contributed by atoms with Crippen LogP contribution >= 0.6 is 11.6 Å². The first-order chi connectivity index (χ1) is 17.7. The number of carbonyl (C=O) groups excluding carboxylic acids is 5. The van der Waals surface area contributed by atoms with Crippen LogP contribution in [0.1, 0.15) is 59.3 Å². The first-order valence-electron chi connectivity index (χ1n) is 12.6. The Morgan fingerprint density at radius 2 is 1.24 bits per heavy atom. The molecule has 2 aliphatic heterocycles. The maximum Gasteiger partial charge on any atom is 0.410 e. The summed E-state index contributed by atoms with van der Waals surface area (Å²) in [7, 11) is 0. The molecule has 13 heteroatoms. The summed E-state index contributed by atoms with van der Waals surface area (Å²) in [6.07, 6.45) is 3.56. The molecule has 0 aromatic carbocycles. The highest BCUT2D eigenvalue weighted by molar-refractivity contribution is 6.61. The molecule has 2 saturated carbocycles. The minimum Gasteiger partial charge on any atom is -0.451 e. The van der Waals surface area contributed by atoms with Gasteiger partial charge < -0.3 is 24.0 Å². The maximum absolute atomic E-state index is 11.8. The Hall–Kier alpha value is -2.50. The maximum atomic E-state index is 11.8. The van der Waals surface area contributed by atoms with Gasteiger partial charge in [0.15, 0.2) is 0 Å². The SMILES string of the molecule is CC(C)(C)OC(=O)N1CCC2(CC(=O)C2)C1.O=C(Cl)OCCF.O=C1CC2(CCN(C(=O)OCCF)C2)C1. The number of ketones is 2. The van der Waals surface area contributed by atoms with Crippen LogP contribution in [0.5, 0.6) is 0 Å². The zero-order chi connectivity index (χ0) is 28.6. The van der Waals surface area contributed by atoms with E-state index in [-0.39, 0.29) is 35.9 Å². The summed E-state index contributed by atoms with van der Waals surface area (Å²) in [6, 6.07) is 0. The zero-order valence-electron chi connectivity index (χ0n) is 22.2. The van der Waals surface area contributed by atoms with Crippen LogP contribution in [-0.2, 0) is 23.8 Å². The van der Waals surface area contributed by atoms with Crippen molar-refractivity contribution in [3.63, 3.8) is 0 Å². The molecule has 0 aromatic rings. The van der Waals surface area contributed by atoms with Crippen molar-refractivity contribution < 1.29 is 47.0 Å². The second-order valence-electron chi connectivity index (χ2n) is 11.2. The van der Waals surface area contributed by atoms with Crippen molar-refractivity contribution in [2.75, 3.05) is 52.7 Å². The van der Waals surface area contributed by atoms with Crippen molar-refractivity contribution >= 4 is 40.8 Å². The first kappa shape index (κ1) is 31.7. The number of likely N-dealkylation sites (tertiary alicyclic amines) is 2. The third kappa shape index (κ3) is 9.67. The largest absolute Gasteiger partial charge is 0.451 e. The van der Waals surface area contributed by atoms with E-state index in [2.05, 4.69) is 16.3 Å². The summed E-state index contributed by atoms with van der Waals surface area (Å²) in [5.41, 5.74) is -1.29. The minimum atomic E-state index is -0.961. The molecule has 2 amide bonds. The van der Waals surface area contributed by atoms with Crippen molar-refractivity contribution in [3.8, 4) is 0 Å². The number of rotatable bonds is 4. The molecule has 2 aliphatic carbocycles.